The molecule has 1 aliphatic rings. The second-order valence-electron chi connectivity index (χ2n) is 6.58. The van der Waals surface area contributed by atoms with Crippen molar-refractivity contribution in [3.63, 3.8) is 0 Å². The molecule has 0 bridgehead atoms. The van der Waals surface area contributed by atoms with Crippen molar-refractivity contribution in [2.75, 3.05) is 26.3 Å². The summed E-state index contributed by atoms with van der Waals surface area (Å²) in [6.07, 6.45) is 0. The van der Waals surface area contributed by atoms with Gasteiger partial charge < -0.3 is 10.1 Å². The van der Waals surface area contributed by atoms with Crippen LogP contribution < -0.4 is 5.32 Å². The van der Waals surface area contributed by atoms with Crippen LogP contribution in [0.15, 0.2) is 29.6 Å². The van der Waals surface area contributed by atoms with Crippen LogP contribution in [0.3, 0.4) is 0 Å². The minimum atomic E-state index is -0.0553. The summed E-state index contributed by atoms with van der Waals surface area (Å²) in [5.41, 5.74) is 3.00. The zero-order valence-electron chi connectivity index (χ0n) is 14.8. The minimum Gasteiger partial charge on any atom is -0.379 e. The lowest BCUT2D eigenvalue weighted by Gasteiger charge is -2.25. The van der Waals surface area contributed by atoms with Crippen molar-refractivity contribution >= 4 is 17.2 Å². The number of amides is 1. The van der Waals surface area contributed by atoms with Crippen LogP contribution >= 0.6 is 11.3 Å². The van der Waals surface area contributed by atoms with Gasteiger partial charge in [0, 0.05) is 30.6 Å². The van der Waals surface area contributed by atoms with E-state index >= 15 is 0 Å². The molecule has 6 heteroatoms. The molecule has 134 valence electrons. The predicted molar refractivity (Wildman–Crippen MR) is 99.9 cm³/mol. The van der Waals surface area contributed by atoms with E-state index in [2.05, 4.69) is 34.4 Å². The smallest absolute Gasteiger partial charge is 0.251 e. The number of rotatable bonds is 6. The highest BCUT2D eigenvalue weighted by Gasteiger charge is 2.13. The van der Waals surface area contributed by atoms with Gasteiger partial charge in [0.2, 0.25) is 0 Å². The number of thiazole rings is 1. The fourth-order valence-corrected chi connectivity index (χ4v) is 3.49. The number of morpholine rings is 1. The van der Waals surface area contributed by atoms with Crippen LogP contribution in [-0.2, 0) is 17.8 Å². The van der Waals surface area contributed by atoms with Crippen LogP contribution in [0.1, 0.15) is 46.4 Å². The number of nitrogens with zero attached hydrogens (tertiary/aromatic N) is 2. The third-order valence-corrected chi connectivity index (χ3v) is 5.23. The van der Waals surface area contributed by atoms with Crippen LogP contribution in [0, 0.1) is 0 Å². The van der Waals surface area contributed by atoms with Gasteiger partial charge in [-0.05, 0) is 23.6 Å². The number of nitrogens with one attached hydrogen (secondary N) is 1. The number of aromatic nitrogens is 1. The van der Waals surface area contributed by atoms with Crippen LogP contribution in [0.5, 0.6) is 0 Å². The minimum absolute atomic E-state index is 0.0553. The van der Waals surface area contributed by atoms with Crippen molar-refractivity contribution in [3.05, 3.63) is 51.5 Å². The van der Waals surface area contributed by atoms with E-state index in [9.17, 15) is 4.79 Å². The van der Waals surface area contributed by atoms with E-state index in [-0.39, 0.29) is 5.91 Å². The van der Waals surface area contributed by atoms with E-state index in [0.29, 0.717) is 18.0 Å². The molecule has 0 atom stereocenters. The zero-order chi connectivity index (χ0) is 17.6. The molecule has 3 rings (SSSR count). The Morgan fingerprint density at radius 2 is 2.00 bits per heavy atom. The molecule has 1 aliphatic heterocycles. The van der Waals surface area contributed by atoms with Gasteiger partial charge >= 0.3 is 0 Å². The molecular weight excluding hydrogens is 334 g/mol. The van der Waals surface area contributed by atoms with Gasteiger partial charge in [-0.3, -0.25) is 9.69 Å². The Hall–Kier alpha value is -1.76. The first-order valence-electron chi connectivity index (χ1n) is 8.73. The van der Waals surface area contributed by atoms with Crippen molar-refractivity contribution in [1.29, 1.82) is 0 Å². The maximum Gasteiger partial charge on any atom is 0.251 e. The van der Waals surface area contributed by atoms with E-state index in [4.69, 9.17) is 4.74 Å². The number of carbonyl (C=O) groups excluding carboxylic acids is 1. The van der Waals surface area contributed by atoms with Crippen LogP contribution in [0.25, 0.3) is 0 Å². The fourth-order valence-electron chi connectivity index (χ4n) is 2.77. The average Bonchev–Trinajstić information content (AvgIpc) is 3.08. The Labute approximate surface area is 153 Å². The summed E-state index contributed by atoms with van der Waals surface area (Å²) in [6, 6.07) is 7.81. The van der Waals surface area contributed by atoms with Crippen LogP contribution in [-0.4, -0.2) is 42.1 Å². The third-order valence-electron chi connectivity index (χ3n) is 4.33. The molecule has 1 saturated heterocycles. The molecule has 1 aromatic heterocycles. The molecule has 25 heavy (non-hydrogen) atoms. The summed E-state index contributed by atoms with van der Waals surface area (Å²) < 4.78 is 5.36. The first-order valence-corrected chi connectivity index (χ1v) is 9.61. The predicted octanol–water partition coefficient (Wildman–Crippen LogP) is 3.03. The van der Waals surface area contributed by atoms with Gasteiger partial charge in [0.05, 0.1) is 25.5 Å². The Bertz CT molecular complexity index is 691. The molecule has 0 saturated carbocycles. The standard InChI is InChI=1S/C19H25N3O2S/c1-14(2)15-3-5-16(6-4-15)19(23)20-11-18-21-17(13-25-18)12-22-7-9-24-10-8-22/h3-6,13-14H,7-12H2,1-2H3,(H,20,23). The lowest BCUT2D eigenvalue weighted by molar-refractivity contribution is 0.0337. The van der Waals surface area contributed by atoms with Crippen molar-refractivity contribution in [2.45, 2.75) is 32.9 Å². The van der Waals surface area contributed by atoms with Gasteiger partial charge in [-0.15, -0.1) is 11.3 Å². The summed E-state index contributed by atoms with van der Waals surface area (Å²) >= 11 is 1.60. The Morgan fingerprint density at radius 3 is 2.68 bits per heavy atom. The van der Waals surface area contributed by atoms with E-state index in [1.807, 2.05) is 24.3 Å². The highest BCUT2D eigenvalue weighted by Crippen LogP contribution is 2.15. The summed E-state index contributed by atoms with van der Waals surface area (Å²) in [4.78, 5) is 19.2. The van der Waals surface area contributed by atoms with Crippen molar-refractivity contribution in [3.8, 4) is 0 Å². The molecule has 1 amide bonds. The average molecular weight is 359 g/mol. The van der Waals surface area contributed by atoms with Crippen LogP contribution in [0.2, 0.25) is 0 Å². The molecular formula is C19H25N3O2S. The van der Waals surface area contributed by atoms with E-state index < -0.39 is 0 Å². The van der Waals surface area contributed by atoms with E-state index in [1.54, 1.807) is 11.3 Å². The zero-order valence-corrected chi connectivity index (χ0v) is 15.6. The van der Waals surface area contributed by atoms with E-state index in [0.717, 1.165) is 43.5 Å². The molecule has 0 aliphatic carbocycles. The first-order chi connectivity index (χ1) is 12.1. The Morgan fingerprint density at radius 1 is 1.28 bits per heavy atom. The Balaban J connectivity index is 1.50. The highest BCUT2D eigenvalue weighted by molar-refractivity contribution is 7.09. The van der Waals surface area contributed by atoms with Crippen LogP contribution in [0.4, 0.5) is 0 Å². The molecule has 1 N–H and O–H groups in total. The molecule has 1 aromatic carbocycles. The van der Waals surface area contributed by atoms with Crippen molar-refractivity contribution < 1.29 is 9.53 Å². The highest BCUT2D eigenvalue weighted by atomic mass is 32.1. The lowest BCUT2D eigenvalue weighted by Crippen LogP contribution is -2.35. The quantitative estimate of drug-likeness (QED) is 0.861. The number of ether oxygens (including phenoxy) is 1. The fraction of sp³-hybridized carbons (Fsp3) is 0.474. The number of hydrogen-bond acceptors (Lipinski definition) is 5. The molecule has 2 heterocycles. The monoisotopic (exact) mass is 359 g/mol. The van der Waals surface area contributed by atoms with Gasteiger partial charge in [-0.25, -0.2) is 4.98 Å². The Kier molecular flexibility index (Phi) is 6.18. The number of benzene rings is 1. The second-order valence-corrected chi connectivity index (χ2v) is 7.52. The van der Waals surface area contributed by atoms with Crippen molar-refractivity contribution in [2.24, 2.45) is 0 Å². The van der Waals surface area contributed by atoms with Gasteiger partial charge in [-0.1, -0.05) is 26.0 Å². The van der Waals surface area contributed by atoms with Gasteiger partial charge in [0.25, 0.3) is 5.91 Å². The SMILES string of the molecule is CC(C)c1ccc(C(=O)NCc2nc(CN3CCOCC3)cs2)cc1. The largest absolute Gasteiger partial charge is 0.379 e. The van der Waals surface area contributed by atoms with Gasteiger partial charge in [0.1, 0.15) is 5.01 Å². The summed E-state index contributed by atoms with van der Waals surface area (Å²) in [5, 5.41) is 5.97. The topological polar surface area (TPSA) is 54.5 Å². The van der Waals surface area contributed by atoms with Crippen molar-refractivity contribution in [1.82, 2.24) is 15.2 Å². The lowest BCUT2D eigenvalue weighted by atomic mass is 10.0. The summed E-state index contributed by atoms with van der Waals surface area (Å²) in [6.45, 7) is 9.11. The maximum atomic E-state index is 12.3. The van der Waals surface area contributed by atoms with Gasteiger partial charge in [0.15, 0.2) is 0 Å². The summed E-state index contributed by atoms with van der Waals surface area (Å²) in [7, 11) is 0. The molecule has 1 fully saturated rings. The van der Waals surface area contributed by atoms with E-state index in [1.165, 1.54) is 5.56 Å². The summed E-state index contributed by atoms with van der Waals surface area (Å²) in [5.74, 6) is 0.414. The molecule has 0 radical (unpaired) electrons. The second kappa shape index (κ2) is 8.56. The molecule has 0 spiro atoms. The maximum absolute atomic E-state index is 12.3. The molecule has 0 unspecified atom stereocenters. The first kappa shape index (κ1) is 18.0. The normalized spacial score (nSPS) is 15.5. The molecule has 2 aromatic rings. The number of hydrogen-bond donors (Lipinski definition) is 1. The number of carbonyl (C=O) groups is 1. The van der Waals surface area contributed by atoms with Gasteiger partial charge in [-0.2, -0.15) is 0 Å². The molecule has 5 nitrogen and oxygen atoms in total. The third kappa shape index (κ3) is 5.11.